The van der Waals surface area contributed by atoms with Crippen molar-refractivity contribution in [2.24, 2.45) is 0 Å². The molecule has 1 aliphatic heterocycles. The molecule has 1 fully saturated rings. The molecular weight excluding hydrogens is 314 g/mol. The van der Waals surface area contributed by atoms with E-state index in [1.165, 1.54) is 0 Å². The minimum Gasteiger partial charge on any atom is -0.444 e. The number of carbonyl (C=O) groups is 1. The van der Waals surface area contributed by atoms with Crippen LogP contribution in [0.15, 0.2) is 12.5 Å². The van der Waals surface area contributed by atoms with E-state index in [4.69, 9.17) is 4.74 Å². The normalized spacial score (nSPS) is 23.3. The molecule has 0 unspecified atom stereocenters. The number of nitrogens with zero attached hydrogens (tertiary/aromatic N) is 2. The molecular formula is C16H27N3O3S. The Balaban J connectivity index is 2.08. The second-order valence-corrected chi connectivity index (χ2v) is 8.61. The summed E-state index contributed by atoms with van der Waals surface area (Å²) in [5.41, 5.74) is 0.465. The van der Waals surface area contributed by atoms with Gasteiger partial charge >= 0.3 is 6.09 Å². The molecule has 1 aliphatic rings. The highest BCUT2D eigenvalue weighted by Crippen LogP contribution is 2.27. The van der Waals surface area contributed by atoms with Crippen LogP contribution >= 0.6 is 0 Å². The monoisotopic (exact) mass is 341 g/mol. The molecule has 1 aromatic rings. The molecule has 1 saturated heterocycles. The number of ether oxygens (including phenoxy) is 1. The van der Waals surface area contributed by atoms with E-state index in [1.807, 2.05) is 34.0 Å². The number of rotatable bonds is 4. The Morgan fingerprint density at radius 2 is 2.13 bits per heavy atom. The van der Waals surface area contributed by atoms with Crippen LogP contribution in [0.3, 0.4) is 0 Å². The van der Waals surface area contributed by atoms with Crippen LogP contribution < -0.4 is 5.32 Å². The zero-order valence-corrected chi connectivity index (χ0v) is 15.2. The van der Waals surface area contributed by atoms with Gasteiger partial charge in [-0.25, -0.2) is 9.78 Å². The molecule has 130 valence electrons. The first kappa shape index (κ1) is 18.0. The number of hydrogen-bond donors (Lipinski definition) is 1. The minimum absolute atomic E-state index is 0.139. The lowest BCUT2D eigenvalue weighted by Gasteiger charge is -2.28. The SMILES string of the molecule is CC[C@@H](NC(=O)OC(C)(C)C)c1cncn1C1CCS(=O)CC1. The molecule has 0 bridgehead atoms. The van der Waals surface area contributed by atoms with Crippen LogP contribution in [0.2, 0.25) is 0 Å². The molecule has 0 radical (unpaired) electrons. The third-order valence-corrected chi connectivity index (χ3v) is 5.29. The van der Waals surface area contributed by atoms with Crippen molar-refractivity contribution in [1.29, 1.82) is 0 Å². The summed E-state index contributed by atoms with van der Waals surface area (Å²) in [6, 6.07) is 0.166. The van der Waals surface area contributed by atoms with Crippen molar-refractivity contribution < 1.29 is 13.7 Å². The predicted octanol–water partition coefficient (Wildman–Crippen LogP) is 2.94. The van der Waals surface area contributed by atoms with Gasteiger partial charge in [-0.2, -0.15) is 0 Å². The van der Waals surface area contributed by atoms with E-state index in [1.54, 1.807) is 6.20 Å². The van der Waals surface area contributed by atoms with Crippen molar-refractivity contribution >= 4 is 16.9 Å². The summed E-state index contributed by atoms with van der Waals surface area (Å²) in [4.78, 5) is 16.3. The van der Waals surface area contributed by atoms with Gasteiger partial charge in [0.25, 0.3) is 0 Å². The van der Waals surface area contributed by atoms with Gasteiger partial charge in [0.05, 0.1) is 24.3 Å². The molecule has 2 rings (SSSR count). The van der Waals surface area contributed by atoms with Gasteiger partial charge in [-0.15, -0.1) is 0 Å². The highest BCUT2D eigenvalue weighted by Gasteiger charge is 2.25. The number of amides is 1. The zero-order valence-electron chi connectivity index (χ0n) is 14.4. The first-order valence-electron chi connectivity index (χ1n) is 8.16. The van der Waals surface area contributed by atoms with E-state index in [2.05, 4.69) is 14.9 Å². The van der Waals surface area contributed by atoms with E-state index < -0.39 is 22.5 Å². The third kappa shape index (κ3) is 5.06. The Morgan fingerprint density at radius 1 is 1.48 bits per heavy atom. The minimum atomic E-state index is -0.686. The summed E-state index contributed by atoms with van der Waals surface area (Å²) in [5.74, 6) is 1.47. The quantitative estimate of drug-likeness (QED) is 0.914. The van der Waals surface area contributed by atoms with E-state index in [0.717, 1.165) is 36.5 Å². The lowest BCUT2D eigenvalue weighted by molar-refractivity contribution is 0.0499. The van der Waals surface area contributed by atoms with Crippen molar-refractivity contribution in [3.05, 3.63) is 18.2 Å². The summed E-state index contributed by atoms with van der Waals surface area (Å²) in [6.45, 7) is 7.56. The van der Waals surface area contributed by atoms with Crippen molar-refractivity contribution in [2.75, 3.05) is 11.5 Å². The Morgan fingerprint density at radius 3 is 2.70 bits per heavy atom. The van der Waals surface area contributed by atoms with E-state index >= 15 is 0 Å². The molecule has 0 aliphatic carbocycles. The molecule has 7 heteroatoms. The van der Waals surface area contributed by atoms with E-state index in [9.17, 15) is 9.00 Å². The fraction of sp³-hybridized carbons (Fsp3) is 0.750. The molecule has 23 heavy (non-hydrogen) atoms. The number of nitrogens with one attached hydrogen (secondary N) is 1. The van der Waals surface area contributed by atoms with Gasteiger partial charge in [0.15, 0.2) is 0 Å². The van der Waals surface area contributed by atoms with Crippen molar-refractivity contribution in [2.45, 2.75) is 64.6 Å². The lowest BCUT2D eigenvalue weighted by atomic mass is 10.1. The summed E-state index contributed by atoms with van der Waals surface area (Å²) >= 11 is 0. The maximum absolute atomic E-state index is 12.1. The zero-order chi connectivity index (χ0) is 17.0. The van der Waals surface area contributed by atoms with Gasteiger partial charge in [0.1, 0.15) is 5.60 Å². The molecule has 0 aromatic carbocycles. The highest BCUT2D eigenvalue weighted by atomic mass is 32.2. The first-order chi connectivity index (χ1) is 10.8. The fourth-order valence-electron chi connectivity index (χ4n) is 2.78. The fourth-order valence-corrected chi connectivity index (χ4v) is 4.06. The van der Waals surface area contributed by atoms with Crippen molar-refractivity contribution in [3.63, 3.8) is 0 Å². The maximum atomic E-state index is 12.1. The summed E-state index contributed by atoms with van der Waals surface area (Å²) in [6.07, 6.45) is 5.73. The second-order valence-electron chi connectivity index (χ2n) is 6.91. The average molecular weight is 341 g/mol. The van der Waals surface area contributed by atoms with E-state index in [0.29, 0.717) is 6.04 Å². The Kier molecular flexibility index (Phi) is 5.84. The topological polar surface area (TPSA) is 73.2 Å². The Bertz CT molecular complexity index is 555. The number of hydrogen-bond acceptors (Lipinski definition) is 4. The van der Waals surface area contributed by atoms with Crippen molar-refractivity contribution in [3.8, 4) is 0 Å². The number of alkyl carbamates (subject to hydrolysis) is 1. The average Bonchev–Trinajstić information content (AvgIpc) is 2.93. The summed E-state index contributed by atoms with van der Waals surface area (Å²) in [5, 5.41) is 2.93. The van der Waals surface area contributed by atoms with Gasteiger partial charge in [-0.1, -0.05) is 6.92 Å². The molecule has 1 aromatic heterocycles. The van der Waals surface area contributed by atoms with E-state index in [-0.39, 0.29) is 6.04 Å². The standard InChI is InChI=1S/C16H27N3O3S/c1-5-13(18-15(20)22-16(2,3)4)14-10-17-11-19(14)12-6-8-23(21)9-7-12/h10-13H,5-9H2,1-4H3,(H,18,20)/t12?,13-,23?/m1/s1. The predicted molar refractivity (Wildman–Crippen MR) is 90.8 cm³/mol. The van der Waals surface area contributed by atoms with Crippen LogP contribution in [0, 0.1) is 0 Å². The van der Waals surface area contributed by atoms with Crippen LogP contribution in [0.1, 0.15) is 64.7 Å². The Hall–Kier alpha value is -1.37. The van der Waals surface area contributed by atoms with Gasteiger partial charge < -0.3 is 14.6 Å². The molecule has 6 nitrogen and oxygen atoms in total. The van der Waals surface area contributed by atoms with Crippen LogP contribution in [0.25, 0.3) is 0 Å². The number of aromatic nitrogens is 2. The van der Waals surface area contributed by atoms with Gasteiger partial charge in [-0.05, 0) is 40.0 Å². The molecule has 1 atom stereocenters. The van der Waals surface area contributed by atoms with Crippen LogP contribution in [-0.4, -0.2) is 37.0 Å². The molecule has 0 saturated carbocycles. The first-order valence-corrected chi connectivity index (χ1v) is 9.65. The van der Waals surface area contributed by atoms with Gasteiger partial charge in [0.2, 0.25) is 0 Å². The van der Waals surface area contributed by atoms with Crippen molar-refractivity contribution in [1.82, 2.24) is 14.9 Å². The summed E-state index contributed by atoms with van der Waals surface area (Å²) in [7, 11) is -0.686. The summed E-state index contributed by atoms with van der Waals surface area (Å²) < 4.78 is 19.0. The number of carbonyl (C=O) groups excluding carboxylic acids is 1. The molecule has 1 amide bonds. The largest absolute Gasteiger partial charge is 0.444 e. The Labute approximate surface area is 140 Å². The highest BCUT2D eigenvalue weighted by molar-refractivity contribution is 7.85. The number of imidazole rings is 1. The molecule has 1 N–H and O–H groups in total. The smallest absolute Gasteiger partial charge is 0.408 e. The third-order valence-electron chi connectivity index (χ3n) is 3.90. The molecule has 0 spiro atoms. The lowest BCUT2D eigenvalue weighted by Crippen LogP contribution is -2.36. The van der Waals surface area contributed by atoms with Crippen LogP contribution in [0.5, 0.6) is 0 Å². The van der Waals surface area contributed by atoms with Crippen LogP contribution in [0.4, 0.5) is 4.79 Å². The van der Waals surface area contributed by atoms with Crippen LogP contribution in [-0.2, 0) is 15.5 Å². The maximum Gasteiger partial charge on any atom is 0.408 e. The van der Waals surface area contributed by atoms with Gasteiger partial charge in [0, 0.05) is 28.3 Å². The van der Waals surface area contributed by atoms with Gasteiger partial charge in [-0.3, -0.25) is 4.21 Å². The second kappa shape index (κ2) is 7.47. The molecule has 2 heterocycles.